The number of nitrogens with zero attached hydrogens (tertiary/aromatic N) is 3. The summed E-state index contributed by atoms with van der Waals surface area (Å²) >= 11 is 0. The van der Waals surface area contributed by atoms with E-state index in [0.29, 0.717) is 5.82 Å². The molecular weight excluding hydrogens is 767 g/mol. The quantitative estimate of drug-likeness (QED) is 0.174. The molecule has 8 aromatic carbocycles. The lowest BCUT2D eigenvalue weighted by Gasteiger charge is -2.39. The smallest absolute Gasteiger partial charge is 0.160 e. The minimum Gasteiger partial charge on any atom is -0.457 e. The molecule has 2 aromatic heterocycles. The Hall–Kier alpha value is -8.08. The molecule has 2 aliphatic carbocycles. The summed E-state index contributed by atoms with van der Waals surface area (Å²) in [4.78, 5) is 10.5. The van der Waals surface area contributed by atoms with Crippen molar-refractivity contribution in [2.24, 2.45) is 0 Å². The first kappa shape index (κ1) is 35.7. The van der Waals surface area contributed by atoms with Crippen molar-refractivity contribution in [1.82, 2.24) is 14.5 Å². The van der Waals surface area contributed by atoms with Crippen molar-refractivity contribution in [3.63, 3.8) is 0 Å². The van der Waals surface area contributed by atoms with Gasteiger partial charge in [0, 0.05) is 50.1 Å². The minimum absolute atomic E-state index is 0.564. The molecule has 1 aliphatic heterocycles. The van der Waals surface area contributed by atoms with E-state index in [1.807, 2.05) is 18.2 Å². The normalized spacial score (nSPS) is 13.8. The molecule has 0 atom stereocenters. The van der Waals surface area contributed by atoms with Crippen molar-refractivity contribution in [2.45, 2.75) is 18.3 Å². The second kappa shape index (κ2) is 14.0. The molecule has 4 heteroatoms. The fourth-order valence-electron chi connectivity index (χ4n) is 10.6. The molecule has 3 aliphatic rings. The maximum absolute atomic E-state index is 6.75. The van der Waals surface area contributed by atoms with Crippen molar-refractivity contribution >= 4 is 17.0 Å². The van der Waals surface area contributed by atoms with Gasteiger partial charge in [-0.2, -0.15) is 0 Å². The topological polar surface area (TPSA) is 39.9 Å². The number of hydrogen-bond donors (Lipinski definition) is 0. The monoisotopic (exact) mass is 805 g/mol. The molecule has 63 heavy (non-hydrogen) atoms. The number of fused-ring (bicyclic) bond motifs is 12. The number of allylic oxidation sites excluding steroid dienone is 1. The van der Waals surface area contributed by atoms with Gasteiger partial charge < -0.3 is 9.30 Å². The molecule has 4 nitrogen and oxygen atoms in total. The first-order chi connectivity index (χ1) is 31.2. The average molecular weight is 806 g/mol. The fraction of sp³-hybridized carbons (Fsp3) is 0.0508. The number of rotatable bonds is 5. The van der Waals surface area contributed by atoms with Gasteiger partial charge in [0.05, 0.1) is 22.3 Å². The van der Waals surface area contributed by atoms with Crippen molar-refractivity contribution in [3.8, 4) is 73.3 Å². The molecule has 0 amide bonds. The lowest BCUT2D eigenvalue weighted by Crippen LogP contribution is -2.32. The lowest BCUT2D eigenvalue weighted by atomic mass is 9.66. The molecule has 13 rings (SSSR count). The summed E-state index contributed by atoms with van der Waals surface area (Å²) in [7, 11) is 0. The van der Waals surface area contributed by atoms with Crippen molar-refractivity contribution in [3.05, 3.63) is 240 Å². The molecular formula is C59H39N3O. The van der Waals surface area contributed by atoms with Gasteiger partial charge >= 0.3 is 0 Å². The molecule has 10 aromatic rings. The highest BCUT2D eigenvalue weighted by Gasteiger charge is 2.51. The van der Waals surface area contributed by atoms with Crippen LogP contribution in [0.3, 0.4) is 0 Å². The Morgan fingerprint density at radius 2 is 1.05 bits per heavy atom. The van der Waals surface area contributed by atoms with Crippen molar-refractivity contribution in [2.75, 3.05) is 0 Å². The van der Waals surface area contributed by atoms with Crippen LogP contribution in [0.5, 0.6) is 11.5 Å². The predicted molar refractivity (Wildman–Crippen MR) is 255 cm³/mol. The van der Waals surface area contributed by atoms with Gasteiger partial charge in [-0.05, 0) is 94.8 Å². The Kier molecular flexibility index (Phi) is 7.91. The van der Waals surface area contributed by atoms with Crippen LogP contribution >= 0.6 is 0 Å². The van der Waals surface area contributed by atoms with Gasteiger partial charge in [-0.1, -0.05) is 164 Å². The van der Waals surface area contributed by atoms with Crippen molar-refractivity contribution < 1.29 is 4.74 Å². The van der Waals surface area contributed by atoms with Gasteiger partial charge in [0.15, 0.2) is 5.82 Å². The number of aromatic nitrogens is 3. The van der Waals surface area contributed by atoms with Gasteiger partial charge in [-0.3, -0.25) is 0 Å². The Morgan fingerprint density at radius 3 is 1.81 bits per heavy atom. The zero-order valence-corrected chi connectivity index (χ0v) is 34.4. The molecule has 0 saturated carbocycles. The molecule has 0 radical (unpaired) electrons. The van der Waals surface area contributed by atoms with Crippen LogP contribution in [0.1, 0.15) is 39.9 Å². The lowest BCUT2D eigenvalue weighted by molar-refractivity contribution is 0.436. The van der Waals surface area contributed by atoms with Crippen LogP contribution in [0.2, 0.25) is 0 Å². The van der Waals surface area contributed by atoms with E-state index < -0.39 is 5.41 Å². The third kappa shape index (κ3) is 5.41. The molecule has 3 heterocycles. The van der Waals surface area contributed by atoms with E-state index in [-0.39, 0.29) is 0 Å². The summed E-state index contributed by atoms with van der Waals surface area (Å²) in [6.45, 7) is 0. The molecule has 0 saturated heterocycles. The van der Waals surface area contributed by atoms with Gasteiger partial charge in [0.25, 0.3) is 0 Å². The summed E-state index contributed by atoms with van der Waals surface area (Å²) in [5.41, 5.74) is 18.9. The number of benzene rings is 8. The first-order valence-electron chi connectivity index (χ1n) is 21.8. The van der Waals surface area contributed by atoms with Crippen LogP contribution < -0.4 is 4.74 Å². The maximum Gasteiger partial charge on any atom is 0.160 e. The number of hydrogen-bond acceptors (Lipinski definition) is 3. The second-order valence-electron chi connectivity index (χ2n) is 16.8. The second-order valence-corrected chi connectivity index (χ2v) is 16.8. The van der Waals surface area contributed by atoms with Gasteiger partial charge in [0.2, 0.25) is 0 Å². The highest BCUT2D eigenvalue weighted by atomic mass is 16.5. The SMILES string of the molecule is C1=Cc2c(n(-c3ccc(-c4ccc(-c5cc(-c6ccc7c(c6)C6(c8ccccc8O7)c7ccccc7-c7ccccc76)nc(-c6ccccc6)n5)cc4)cc3)c3ccccc23)CC1. The van der Waals surface area contributed by atoms with Crippen molar-refractivity contribution in [1.29, 1.82) is 0 Å². The predicted octanol–water partition coefficient (Wildman–Crippen LogP) is 14.5. The summed E-state index contributed by atoms with van der Waals surface area (Å²) in [6, 6.07) is 71.7. The Balaban J connectivity index is 0.908. The highest BCUT2D eigenvalue weighted by molar-refractivity contribution is 5.94. The largest absolute Gasteiger partial charge is 0.457 e. The van der Waals surface area contributed by atoms with Gasteiger partial charge in [-0.25, -0.2) is 9.97 Å². The Bertz CT molecular complexity index is 3420. The third-order valence-corrected chi connectivity index (χ3v) is 13.4. The average Bonchev–Trinajstić information content (AvgIpc) is 3.85. The van der Waals surface area contributed by atoms with E-state index in [9.17, 15) is 0 Å². The van der Waals surface area contributed by atoms with E-state index in [1.165, 1.54) is 55.7 Å². The number of ether oxygens (including phenoxy) is 1. The summed E-state index contributed by atoms with van der Waals surface area (Å²) in [6.07, 6.45) is 6.70. The van der Waals surface area contributed by atoms with E-state index in [1.54, 1.807) is 0 Å². The highest BCUT2D eigenvalue weighted by Crippen LogP contribution is 2.62. The van der Waals surface area contributed by atoms with Crippen LogP contribution in [0, 0.1) is 0 Å². The van der Waals surface area contributed by atoms with E-state index in [2.05, 4.69) is 199 Å². The van der Waals surface area contributed by atoms with Crippen LogP contribution in [0.4, 0.5) is 0 Å². The van der Waals surface area contributed by atoms with Crippen LogP contribution in [-0.4, -0.2) is 14.5 Å². The molecule has 1 spiro atoms. The number of para-hydroxylation sites is 2. The molecule has 0 unspecified atom stereocenters. The first-order valence-corrected chi connectivity index (χ1v) is 21.8. The van der Waals surface area contributed by atoms with Crippen LogP contribution in [-0.2, 0) is 11.8 Å². The van der Waals surface area contributed by atoms with E-state index >= 15 is 0 Å². The van der Waals surface area contributed by atoms with Crippen LogP contribution in [0.25, 0.3) is 78.8 Å². The Labute approximate surface area is 366 Å². The Morgan fingerprint density at radius 1 is 0.460 bits per heavy atom. The minimum atomic E-state index is -0.564. The van der Waals surface area contributed by atoms with Gasteiger partial charge in [-0.15, -0.1) is 0 Å². The summed E-state index contributed by atoms with van der Waals surface area (Å²) in [5, 5.41) is 1.31. The molecule has 0 bridgehead atoms. The summed E-state index contributed by atoms with van der Waals surface area (Å²) < 4.78 is 9.19. The zero-order chi connectivity index (χ0) is 41.5. The molecule has 296 valence electrons. The standard InChI is InChI=1S/C59H39N3O/c1-2-14-41(15-3-1)58-60-52(40-28-26-38(27-29-40)39-30-33-43(34-31-39)62-54-23-11-6-18-46(54)47-19-7-12-24-55(47)62)37-53(61-58)42-32-35-57-51(36-42)59(50-22-10-13-25-56(50)63-57)48-20-8-4-16-44(48)45-17-5-9-21-49(45)59/h1-11,13-23,25-37H,12,24H2. The van der Waals surface area contributed by atoms with E-state index in [4.69, 9.17) is 14.7 Å². The third-order valence-electron chi connectivity index (χ3n) is 13.4. The van der Waals surface area contributed by atoms with Crippen LogP contribution in [0.15, 0.2) is 206 Å². The van der Waals surface area contributed by atoms with E-state index in [0.717, 1.165) is 69.1 Å². The summed E-state index contributed by atoms with van der Waals surface area (Å²) in [5.74, 6) is 2.41. The van der Waals surface area contributed by atoms with Gasteiger partial charge in [0.1, 0.15) is 11.5 Å². The fourth-order valence-corrected chi connectivity index (χ4v) is 10.6. The zero-order valence-electron chi connectivity index (χ0n) is 34.4. The molecule has 0 N–H and O–H groups in total. The maximum atomic E-state index is 6.75. The molecule has 0 fully saturated rings.